The molecule has 1 aromatic rings. The van der Waals surface area contributed by atoms with Crippen LogP contribution >= 0.6 is 11.8 Å². The second kappa shape index (κ2) is 4.93. The second-order valence-corrected chi connectivity index (χ2v) is 6.32. The molecule has 0 heterocycles. The number of benzene rings is 1. The third-order valence-electron chi connectivity index (χ3n) is 2.31. The number of thioether (sulfide) groups is 1. The molecule has 0 spiro atoms. The van der Waals surface area contributed by atoms with Crippen molar-refractivity contribution in [1.29, 1.82) is 0 Å². The van der Waals surface area contributed by atoms with Crippen molar-refractivity contribution < 1.29 is 0 Å². The van der Waals surface area contributed by atoms with Gasteiger partial charge in [0.2, 0.25) is 0 Å². The molecule has 0 amide bonds. The Kier molecular flexibility index (Phi) is 4.09. The maximum absolute atomic E-state index is 5.72. The van der Waals surface area contributed by atoms with E-state index in [2.05, 4.69) is 33.8 Å². The molecule has 2 heteroatoms. The predicted octanol–water partition coefficient (Wildman–Crippen LogP) is 4.11. The molecule has 2 N–H and O–H groups in total. The van der Waals surface area contributed by atoms with E-state index in [-0.39, 0.29) is 0 Å². The van der Waals surface area contributed by atoms with Crippen LogP contribution in [-0.4, -0.2) is 5.75 Å². The summed E-state index contributed by atoms with van der Waals surface area (Å²) in [6.45, 7) is 8.96. The predicted molar refractivity (Wildman–Crippen MR) is 70.4 cm³/mol. The van der Waals surface area contributed by atoms with Gasteiger partial charge in [-0.15, -0.1) is 11.8 Å². The minimum absolute atomic E-state index is 0.425. The summed E-state index contributed by atoms with van der Waals surface area (Å²) in [5, 5.41) is 0. The van der Waals surface area contributed by atoms with Gasteiger partial charge >= 0.3 is 0 Å². The van der Waals surface area contributed by atoms with Crippen LogP contribution in [0.1, 0.15) is 32.8 Å². The number of hydrogen-bond acceptors (Lipinski definition) is 2. The Morgan fingerprint density at radius 1 is 1.27 bits per heavy atom. The Balaban J connectivity index is 2.51. The molecule has 0 aliphatic heterocycles. The van der Waals surface area contributed by atoms with E-state index < -0.39 is 0 Å². The van der Waals surface area contributed by atoms with Gasteiger partial charge in [-0.3, -0.25) is 0 Å². The Bertz CT molecular complexity index is 326. The molecule has 0 saturated heterocycles. The number of anilines is 1. The van der Waals surface area contributed by atoms with E-state index in [0.29, 0.717) is 5.41 Å². The van der Waals surface area contributed by atoms with Crippen LogP contribution in [0.3, 0.4) is 0 Å². The van der Waals surface area contributed by atoms with E-state index in [9.17, 15) is 0 Å². The van der Waals surface area contributed by atoms with Crippen LogP contribution in [0.15, 0.2) is 23.1 Å². The quantitative estimate of drug-likeness (QED) is 0.616. The number of aryl methyl sites for hydroxylation is 1. The molecular weight excluding hydrogens is 202 g/mol. The van der Waals surface area contributed by atoms with Gasteiger partial charge < -0.3 is 5.73 Å². The maximum Gasteiger partial charge on any atom is 0.0317 e. The van der Waals surface area contributed by atoms with Crippen molar-refractivity contribution in [2.45, 2.75) is 39.0 Å². The normalized spacial score (nSPS) is 11.7. The molecule has 0 fully saturated rings. The minimum atomic E-state index is 0.425. The molecule has 15 heavy (non-hydrogen) atoms. The third-order valence-corrected chi connectivity index (χ3v) is 3.49. The van der Waals surface area contributed by atoms with Crippen molar-refractivity contribution in [3.05, 3.63) is 23.8 Å². The molecule has 1 aromatic carbocycles. The zero-order valence-electron chi connectivity index (χ0n) is 10.1. The van der Waals surface area contributed by atoms with Gasteiger partial charge in [-0.2, -0.15) is 0 Å². The number of hydrogen-bond donors (Lipinski definition) is 1. The molecule has 0 radical (unpaired) electrons. The first-order valence-electron chi connectivity index (χ1n) is 5.37. The highest BCUT2D eigenvalue weighted by atomic mass is 32.2. The van der Waals surface area contributed by atoms with Gasteiger partial charge in [0.15, 0.2) is 0 Å². The fraction of sp³-hybridized carbons (Fsp3) is 0.538. The van der Waals surface area contributed by atoms with Crippen LogP contribution in [0.4, 0.5) is 5.69 Å². The fourth-order valence-corrected chi connectivity index (χ4v) is 2.69. The summed E-state index contributed by atoms with van der Waals surface area (Å²) in [5.74, 6) is 1.17. The summed E-state index contributed by atoms with van der Waals surface area (Å²) in [6, 6.07) is 6.14. The highest BCUT2D eigenvalue weighted by molar-refractivity contribution is 7.99. The van der Waals surface area contributed by atoms with Gasteiger partial charge in [0.05, 0.1) is 0 Å². The monoisotopic (exact) mass is 223 g/mol. The zero-order chi connectivity index (χ0) is 11.5. The number of nitrogens with two attached hydrogens (primary N) is 1. The first-order chi connectivity index (χ1) is 6.88. The smallest absolute Gasteiger partial charge is 0.0317 e. The third kappa shape index (κ3) is 4.61. The SMILES string of the molecule is Cc1cc(N)ccc1SCCC(C)(C)C. The van der Waals surface area contributed by atoms with Gasteiger partial charge in [0.1, 0.15) is 0 Å². The molecule has 0 aromatic heterocycles. The maximum atomic E-state index is 5.72. The number of nitrogen functional groups attached to an aromatic ring is 1. The van der Waals surface area contributed by atoms with Crippen LogP contribution in [0.5, 0.6) is 0 Å². The molecular formula is C13H21NS. The number of rotatable bonds is 3. The van der Waals surface area contributed by atoms with E-state index in [4.69, 9.17) is 5.73 Å². The molecule has 1 nitrogen and oxygen atoms in total. The Hall–Kier alpha value is -0.630. The van der Waals surface area contributed by atoms with Gasteiger partial charge in [-0.1, -0.05) is 20.8 Å². The molecule has 84 valence electrons. The zero-order valence-corrected chi connectivity index (χ0v) is 10.9. The van der Waals surface area contributed by atoms with Crippen molar-refractivity contribution in [3.8, 4) is 0 Å². The summed E-state index contributed by atoms with van der Waals surface area (Å²) >= 11 is 1.93. The second-order valence-electron chi connectivity index (χ2n) is 5.18. The largest absolute Gasteiger partial charge is 0.399 e. The van der Waals surface area contributed by atoms with E-state index in [0.717, 1.165) is 5.69 Å². The summed E-state index contributed by atoms with van der Waals surface area (Å²) < 4.78 is 0. The Morgan fingerprint density at radius 3 is 2.47 bits per heavy atom. The lowest BCUT2D eigenvalue weighted by molar-refractivity contribution is 0.401. The van der Waals surface area contributed by atoms with Crippen LogP contribution in [0.2, 0.25) is 0 Å². The average molecular weight is 223 g/mol. The topological polar surface area (TPSA) is 26.0 Å². The molecule has 0 atom stereocenters. The molecule has 0 aliphatic rings. The lowest BCUT2D eigenvalue weighted by Crippen LogP contribution is -2.05. The summed E-state index contributed by atoms with van der Waals surface area (Å²) in [7, 11) is 0. The highest BCUT2D eigenvalue weighted by Gasteiger charge is 2.10. The first kappa shape index (κ1) is 12.4. The molecule has 0 saturated carbocycles. The van der Waals surface area contributed by atoms with E-state index in [1.807, 2.05) is 23.9 Å². The fourth-order valence-electron chi connectivity index (χ4n) is 1.30. The first-order valence-corrected chi connectivity index (χ1v) is 6.36. The molecule has 1 rings (SSSR count). The van der Waals surface area contributed by atoms with Crippen molar-refractivity contribution in [2.24, 2.45) is 5.41 Å². The highest BCUT2D eigenvalue weighted by Crippen LogP contribution is 2.28. The minimum Gasteiger partial charge on any atom is -0.399 e. The molecule has 0 aliphatic carbocycles. The van der Waals surface area contributed by atoms with Crippen LogP contribution < -0.4 is 5.73 Å². The standard InChI is InChI=1S/C13H21NS/c1-10-9-11(14)5-6-12(10)15-8-7-13(2,3)4/h5-6,9H,7-8,14H2,1-4H3. The van der Waals surface area contributed by atoms with Gasteiger partial charge in [-0.05, 0) is 48.3 Å². The van der Waals surface area contributed by atoms with E-state index >= 15 is 0 Å². The van der Waals surface area contributed by atoms with Crippen LogP contribution in [-0.2, 0) is 0 Å². The van der Waals surface area contributed by atoms with Crippen LogP contribution in [0, 0.1) is 12.3 Å². The van der Waals surface area contributed by atoms with E-state index in [1.165, 1.54) is 22.6 Å². The van der Waals surface area contributed by atoms with Crippen molar-refractivity contribution in [3.63, 3.8) is 0 Å². The van der Waals surface area contributed by atoms with Crippen molar-refractivity contribution in [1.82, 2.24) is 0 Å². The van der Waals surface area contributed by atoms with E-state index in [1.54, 1.807) is 0 Å². The van der Waals surface area contributed by atoms with Gasteiger partial charge in [0.25, 0.3) is 0 Å². The lowest BCUT2D eigenvalue weighted by Gasteiger charge is -2.17. The summed E-state index contributed by atoms with van der Waals surface area (Å²) in [4.78, 5) is 1.36. The average Bonchev–Trinajstić information content (AvgIpc) is 2.07. The molecule has 0 bridgehead atoms. The van der Waals surface area contributed by atoms with Crippen LogP contribution in [0.25, 0.3) is 0 Å². The Morgan fingerprint density at radius 2 is 1.93 bits per heavy atom. The lowest BCUT2D eigenvalue weighted by atomic mass is 9.94. The Labute approximate surface area is 97.4 Å². The van der Waals surface area contributed by atoms with Gasteiger partial charge in [-0.25, -0.2) is 0 Å². The summed E-state index contributed by atoms with van der Waals surface area (Å²) in [5.41, 5.74) is 8.28. The van der Waals surface area contributed by atoms with Crippen molar-refractivity contribution >= 4 is 17.4 Å². The summed E-state index contributed by atoms with van der Waals surface area (Å²) in [6.07, 6.45) is 1.24. The van der Waals surface area contributed by atoms with Crippen molar-refractivity contribution in [2.75, 3.05) is 11.5 Å². The van der Waals surface area contributed by atoms with Gasteiger partial charge in [0, 0.05) is 10.6 Å². The molecule has 0 unspecified atom stereocenters.